The maximum atomic E-state index is 11.7. The molecule has 4 heteroatoms. The lowest BCUT2D eigenvalue weighted by atomic mass is 10.1. The molecule has 0 radical (unpaired) electrons. The number of rotatable bonds is 25. The zero-order chi connectivity index (χ0) is 23.5. The molecule has 0 amide bonds. The van der Waals surface area contributed by atoms with Crippen LogP contribution in [0.4, 0.5) is 0 Å². The molecule has 0 rings (SSSR count). The number of carboxylic acids is 1. The molecule has 32 heavy (non-hydrogen) atoms. The maximum Gasteiger partial charge on any atom is 0.305 e. The number of carboxylic acid groups (broad SMARTS) is 1. The van der Waals surface area contributed by atoms with Crippen LogP contribution in [-0.4, -0.2) is 23.7 Å². The van der Waals surface area contributed by atoms with Gasteiger partial charge in [0.2, 0.25) is 0 Å². The highest BCUT2D eigenvalue weighted by atomic mass is 16.5. The van der Waals surface area contributed by atoms with Crippen LogP contribution in [0.25, 0.3) is 0 Å². The third kappa shape index (κ3) is 26.7. The predicted molar refractivity (Wildman–Crippen MR) is 135 cm³/mol. The van der Waals surface area contributed by atoms with Gasteiger partial charge in [0.05, 0.1) is 6.61 Å². The summed E-state index contributed by atoms with van der Waals surface area (Å²) in [7, 11) is 0. The van der Waals surface area contributed by atoms with Crippen molar-refractivity contribution in [3.63, 3.8) is 0 Å². The quantitative estimate of drug-likeness (QED) is 0.0854. The van der Waals surface area contributed by atoms with E-state index >= 15 is 0 Å². The number of esters is 1. The number of unbranched alkanes of at least 4 members (excludes halogenated alkanes) is 17. The zero-order valence-corrected chi connectivity index (χ0v) is 21.1. The number of aliphatic carboxylic acids is 1. The number of ether oxygens (including phenoxy) is 1. The Balaban J connectivity index is 3.21. The molecule has 0 spiro atoms. The van der Waals surface area contributed by atoms with Crippen LogP contribution < -0.4 is 0 Å². The van der Waals surface area contributed by atoms with Crippen molar-refractivity contribution in [2.75, 3.05) is 6.61 Å². The molecule has 188 valence electrons. The standard InChI is InChI=1S/C28H52O4/c1-2-3-4-5-6-7-8-9-10-11-12-13-14-17-20-23-26-32-28(31)25-22-19-16-15-18-21-24-27(29)30/h9-10H,2-8,11-26H2,1H3,(H,29,30). The molecule has 0 saturated heterocycles. The van der Waals surface area contributed by atoms with Gasteiger partial charge in [0, 0.05) is 12.8 Å². The number of allylic oxidation sites excluding steroid dienone is 2. The first-order chi connectivity index (χ1) is 15.7. The Morgan fingerprint density at radius 2 is 1.03 bits per heavy atom. The van der Waals surface area contributed by atoms with Crippen LogP contribution in [0.15, 0.2) is 12.2 Å². The van der Waals surface area contributed by atoms with E-state index in [2.05, 4.69) is 19.1 Å². The summed E-state index contributed by atoms with van der Waals surface area (Å²) in [5.74, 6) is -0.780. The minimum Gasteiger partial charge on any atom is -0.481 e. The highest BCUT2D eigenvalue weighted by molar-refractivity contribution is 5.69. The van der Waals surface area contributed by atoms with Crippen molar-refractivity contribution >= 4 is 11.9 Å². The van der Waals surface area contributed by atoms with Gasteiger partial charge in [0.15, 0.2) is 0 Å². The van der Waals surface area contributed by atoms with Crippen LogP contribution in [0, 0.1) is 0 Å². The van der Waals surface area contributed by atoms with Gasteiger partial charge in [-0.1, -0.05) is 103 Å². The van der Waals surface area contributed by atoms with E-state index < -0.39 is 5.97 Å². The van der Waals surface area contributed by atoms with Gasteiger partial charge in [0.1, 0.15) is 0 Å². The van der Waals surface area contributed by atoms with Crippen molar-refractivity contribution in [2.24, 2.45) is 0 Å². The van der Waals surface area contributed by atoms with Gasteiger partial charge in [0.25, 0.3) is 0 Å². The van der Waals surface area contributed by atoms with Crippen molar-refractivity contribution in [2.45, 2.75) is 148 Å². The first kappa shape index (κ1) is 30.7. The van der Waals surface area contributed by atoms with Gasteiger partial charge in [-0.2, -0.15) is 0 Å². The van der Waals surface area contributed by atoms with Gasteiger partial charge in [-0.15, -0.1) is 0 Å². The topological polar surface area (TPSA) is 63.6 Å². The number of carbonyl (C=O) groups is 2. The second-order valence-electron chi connectivity index (χ2n) is 9.17. The third-order valence-electron chi connectivity index (χ3n) is 5.94. The van der Waals surface area contributed by atoms with Crippen molar-refractivity contribution in [1.82, 2.24) is 0 Å². The van der Waals surface area contributed by atoms with Crippen LogP contribution in [-0.2, 0) is 14.3 Å². The van der Waals surface area contributed by atoms with Gasteiger partial charge in [-0.3, -0.25) is 9.59 Å². The van der Waals surface area contributed by atoms with Gasteiger partial charge in [-0.05, 0) is 44.9 Å². The molecule has 0 aliphatic carbocycles. The van der Waals surface area contributed by atoms with Crippen LogP contribution in [0.1, 0.15) is 148 Å². The van der Waals surface area contributed by atoms with E-state index in [1.807, 2.05) is 0 Å². The summed E-state index contributed by atoms with van der Waals surface area (Å²) < 4.78 is 5.32. The van der Waals surface area contributed by atoms with Gasteiger partial charge >= 0.3 is 11.9 Å². The fourth-order valence-corrected chi connectivity index (χ4v) is 3.86. The molecule has 0 aromatic carbocycles. The Labute approximate surface area is 198 Å². The first-order valence-corrected chi connectivity index (χ1v) is 13.7. The monoisotopic (exact) mass is 452 g/mol. The van der Waals surface area contributed by atoms with E-state index in [-0.39, 0.29) is 12.4 Å². The highest BCUT2D eigenvalue weighted by Crippen LogP contribution is 2.11. The van der Waals surface area contributed by atoms with Crippen LogP contribution in [0.5, 0.6) is 0 Å². The van der Waals surface area contributed by atoms with E-state index in [4.69, 9.17) is 9.84 Å². The molecule has 0 atom stereocenters. The molecule has 0 fully saturated rings. The Hall–Kier alpha value is -1.32. The van der Waals surface area contributed by atoms with Crippen molar-refractivity contribution in [3.05, 3.63) is 12.2 Å². The van der Waals surface area contributed by atoms with E-state index in [1.165, 1.54) is 77.0 Å². The fraction of sp³-hybridized carbons (Fsp3) is 0.857. The zero-order valence-electron chi connectivity index (χ0n) is 21.1. The summed E-state index contributed by atoms with van der Waals surface area (Å²) in [6.07, 6.45) is 29.2. The van der Waals surface area contributed by atoms with Crippen molar-refractivity contribution < 1.29 is 19.4 Å². The molecule has 0 aromatic heterocycles. The molecule has 0 saturated carbocycles. The second kappa shape index (κ2) is 25.9. The Kier molecular flexibility index (Phi) is 24.9. The normalized spacial score (nSPS) is 11.3. The summed E-state index contributed by atoms with van der Waals surface area (Å²) in [5, 5.41) is 8.58. The lowest BCUT2D eigenvalue weighted by Crippen LogP contribution is -2.05. The minimum atomic E-state index is -0.713. The summed E-state index contributed by atoms with van der Waals surface area (Å²) in [5.41, 5.74) is 0. The summed E-state index contributed by atoms with van der Waals surface area (Å²) in [4.78, 5) is 22.1. The van der Waals surface area contributed by atoms with Crippen molar-refractivity contribution in [3.8, 4) is 0 Å². The second-order valence-corrected chi connectivity index (χ2v) is 9.17. The molecule has 0 heterocycles. The highest BCUT2D eigenvalue weighted by Gasteiger charge is 2.03. The largest absolute Gasteiger partial charge is 0.481 e. The van der Waals surface area contributed by atoms with Gasteiger partial charge in [-0.25, -0.2) is 0 Å². The maximum absolute atomic E-state index is 11.7. The molecular formula is C28H52O4. The predicted octanol–water partition coefficient (Wildman–Crippen LogP) is 8.77. The molecule has 0 unspecified atom stereocenters. The third-order valence-corrected chi connectivity index (χ3v) is 5.94. The van der Waals surface area contributed by atoms with E-state index in [0.717, 1.165) is 51.4 Å². The summed E-state index contributed by atoms with van der Waals surface area (Å²) in [6.45, 7) is 2.83. The smallest absolute Gasteiger partial charge is 0.305 e. The molecule has 0 aliphatic heterocycles. The molecule has 0 bridgehead atoms. The average Bonchev–Trinajstić information content (AvgIpc) is 2.77. The van der Waals surface area contributed by atoms with Gasteiger partial charge < -0.3 is 9.84 Å². The fourth-order valence-electron chi connectivity index (χ4n) is 3.86. The number of hydrogen-bond acceptors (Lipinski definition) is 3. The molecule has 0 aromatic rings. The number of carbonyl (C=O) groups excluding carboxylic acids is 1. The summed E-state index contributed by atoms with van der Waals surface area (Å²) >= 11 is 0. The lowest BCUT2D eigenvalue weighted by Gasteiger charge is -2.05. The lowest BCUT2D eigenvalue weighted by molar-refractivity contribution is -0.144. The van der Waals surface area contributed by atoms with Crippen molar-refractivity contribution in [1.29, 1.82) is 0 Å². The van der Waals surface area contributed by atoms with E-state index in [9.17, 15) is 9.59 Å². The SMILES string of the molecule is CCCCCCCCC=CCCCCCCCCOC(=O)CCCCCCCCC(=O)O. The Morgan fingerprint density at radius 1 is 0.594 bits per heavy atom. The Morgan fingerprint density at radius 3 is 1.56 bits per heavy atom. The molecule has 4 nitrogen and oxygen atoms in total. The molecule has 0 aliphatic rings. The Bertz CT molecular complexity index is 445. The average molecular weight is 453 g/mol. The van der Waals surface area contributed by atoms with Crippen LogP contribution >= 0.6 is 0 Å². The van der Waals surface area contributed by atoms with E-state index in [1.54, 1.807) is 0 Å². The van der Waals surface area contributed by atoms with E-state index in [0.29, 0.717) is 13.0 Å². The molecular weight excluding hydrogens is 400 g/mol. The summed E-state index contributed by atoms with van der Waals surface area (Å²) in [6, 6.07) is 0. The minimum absolute atomic E-state index is 0.0661. The van der Waals surface area contributed by atoms with Crippen LogP contribution in [0.3, 0.4) is 0 Å². The molecule has 1 N–H and O–H groups in total. The number of hydrogen-bond donors (Lipinski definition) is 1. The first-order valence-electron chi connectivity index (χ1n) is 13.7. The van der Waals surface area contributed by atoms with Crippen LogP contribution in [0.2, 0.25) is 0 Å².